The summed E-state index contributed by atoms with van der Waals surface area (Å²) in [6.07, 6.45) is 11.8. The lowest BCUT2D eigenvalue weighted by atomic mass is 9.99. The number of amides is 1. The van der Waals surface area contributed by atoms with Crippen molar-refractivity contribution in [3.63, 3.8) is 0 Å². The Morgan fingerprint density at radius 3 is 2.92 bits per heavy atom. The van der Waals surface area contributed by atoms with Crippen LogP contribution in [0.15, 0.2) is 43.3 Å². The standard InChI is InChI=1S/C26H27FN7O2/c1-31-14-22(32(2)16-31)26(35)33-10-7-17(8-11-33)20-13-28-24(34-15-29-30-25(20)34)6-3-18-19-9-12-36-23(19)5-4-21(18)27/h4-5,7,13-16H,3,6,8-12H2,1-2H3/q+1. The summed E-state index contributed by atoms with van der Waals surface area (Å²) in [5, 5.41) is 8.48. The number of aromatic nitrogens is 6. The van der Waals surface area contributed by atoms with Crippen LogP contribution in [0.4, 0.5) is 4.39 Å². The molecule has 0 N–H and O–H groups in total. The van der Waals surface area contributed by atoms with Crippen molar-refractivity contribution in [2.75, 3.05) is 19.7 Å². The number of fused-ring (bicyclic) bond motifs is 2. The van der Waals surface area contributed by atoms with Crippen molar-refractivity contribution < 1.29 is 18.5 Å². The van der Waals surface area contributed by atoms with Crippen LogP contribution >= 0.6 is 0 Å². The minimum atomic E-state index is -0.202. The van der Waals surface area contributed by atoms with Crippen LogP contribution in [-0.4, -0.2) is 54.7 Å². The molecule has 0 atom stereocenters. The Kier molecular flexibility index (Phi) is 5.50. The van der Waals surface area contributed by atoms with Gasteiger partial charge in [0.1, 0.15) is 29.9 Å². The molecule has 0 radical (unpaired) electrons. The summed E-state index contributed by atoms with van der Waals surface area (Å²) in [6, 6.07) is 3.18. The summed E-state index contributed by atoms with van der Waals surface area (Å²) < 4.78 is 25.8. The van der Waals surface area contributed by atoms with Crippen LogP contribution < -0.4 is 9.30 Å². The number of ether oxygens (including phenoxy) is 1. The largest absolute Gasteiger partial charge is 0.493 e. The number of halogens is 1. The molecule has 2 aliphatic rings. The molecule has 0 bridgehead atoms. The van der Waals surface area contributed by atoms with E-state index in [1.165, 1.54) is 6.07 Å². The van der Waals surface area contributed by atoms with Gasteiger partial charge in [-0.25, -0.2) is 18.5 Å². The van der Waals surface area contributed by atoms with E-state index in [-0.39, 0.29) is 11.7 Å². The second-order valence-electron chi connectivity index (χ2n) is 9.35. The van der Waals surface area contributed by atoms with Crippen LogP contribution in [-0.2, 0) is 33.4 Å². The summed E-state index contributed by atoms with van der Waals surface area (Å²) >= 11 is 0. The quantitative estimate of drug-likeness (QED) is 0.402. The molecule has 0 fully saturated rings. The lowest BCUT2D eigenvalue weighted by Crippen LogP contribution is -2.36. The van der Waals surface area contributed by atoms with Crippen LogP contribution in [0.25, 0.3) is 11.2 Å². The van der Waals surface area contributed by atoms with E-state index in [2.05, 4.69) is 16.3 Å². The SMILES string of the molecule is Cn1c[n+](C)cc1C(=O)N1CC=C(c2cnc(CCc3c(F)ccc4c3CCO4)n3cnnc23)CC1. The van der Waals surface area contributed by atoms with Crippen LogP contribution in [0.1, 0.15) is 39.4 Å². The van der Waals surface area contributed by atoms with Gasteiger partial charge in [-0.3, -0.25) is 9.20 Å². The van der Waals surface area contributed by atoms with E-state index in [1.807, 2.05) is 51.3 Å². The number of rotatable bonds is 5. The second kappa shape index (κ2) is 8.85. The maximum absolute atomic E-state index is 14.6. The minimum absolute atomic E-state index is 0.0135. The number of hydrogen-bond donors (Lipinski definition) is 0. The van der Waals surface area contributed by atoms with Gasteiger partial charge in [0, 0.05) is 43.3 Å². The highest BCUT2D eigenvalue weighted by atomic mass is 19.1. The van der Waals surface area contributed by atoms with Crippen LogP contribution in [0.5, 0.6) is 5.75 Å². The molecular weight excluding hydrogens is 461 g/mol. The topological polar surface area (TPSA) is 81.4 Å². The number of nitrogens with zero attached hydrogens (tertiary/aromatic N) is 7. The van der Waals surface area contributed by atoms with Gasteiger partial charge in [0.05, 0.1) is 20.7 Å². The summed E-state index contributed by atoms with van der Waals surface area (Å²) in [5.74, 6) is 1.37. The summed E-state index contributed by atoms with van der Waals surface area (Å²) in [4.78, 5) is 19.5. The maximum atomic E-state index is 14.6. The first kappa shape index (κ1) is 22.4. The number of imidazole rings is 1. The summed E-state index contributed by atoms with van der Waals surface area (Å²) in [7, 11) is 3.78. The summed E-state index contributed by atoms with van der Waals surface area (Å²) in [6.45, 7) is 1.73. The third-order valence-corrected chi connectivity index (χ3v) is 7.07. The predicted molar refractivity (Wildman–Crippen MR) is 129 cm³/mol. The highest BCUT2D eigenvalue weighted by molar-refractivity contribution is 5.93. The van der Waals surface area contributed by atoms with Gasteiger partial charge in [-0.05, 0) is 36.1 Å². The van der Waals surface area contributed by atoms with E-state index >= 15 is 0 Å². The van der Waals surface area contributed by atoms with Gasteiger partial charge in [0.2, 0.25) is 12.0 Å². The Morgan fingerprint density at radius 2 is 2.14 bits per heavy atom. The van der Waals surface area contributed by atoms with E-state index in [0.29, 0.717) is 50.2 Å². The second-order valence-corrected chi connectivity index (χ2v) is 9.35. The smallest absolute Gasteiger partial charge is 0.297 e. The van der Waals surface area contributed by atoms with Gasteiger partial charge >= 0.3 is 0 Å². The Labute approximate surface area is 207 Å². The van der Waals surface area contributed by atoms with Crippen molar-refractivity contribution >= 4 is 17.1 Å². The van der Waals surface area contributed by atoms with Crippen molar-refractivity contribution in [1.82, 2.24) is 29.0 Å². The third kappa shape index (κ3) is 3.82. The lowest BCUT2D eigenvalue weighted by molar-refractivity contribution is -0.671. The van der Waals surface area contributed by atoms with Gasteiger partial charge in [-0.1, -0.05) is 6.08 Å². The highest BCUT2D eigenvalue weighted by Gasteiger charge is 2.26. The molecule has 0 spiro atoms. The first-order valence-electron chi connectivity index (χ1n) is 12.1. The zero-order chi connectivity index (χ0) is 24.8. The zero-order valence-corrected chi connectivity index (χ0v) is 20.3. The molecule has 0 saturated carbocycles. The molecule has 4 aromatic rings. The zero-order valence-electron chi connectivity index (χ0n) is 20.3. The Morgan fingerprint density at radius 1 is 1.25 bits per heavy atom. The van der Waals surface area contributed by atoms with E-state index in [9.17, 15) is 9.18 Å². The molecule has 3 aromatic heterocycles. The van der Waals surface area contributed by atoms with Crippen molar-refractivity contribution in [3.8, 4) is 5.75 Å². The molecule has 10 heteroatoms. The van der Waals surface area contributed by atoms with Gasteiger partial charge < -0.3 is 9.64 Å². The van der Waals surface area contributed by atoms with Crippen molar-refractivity contribution in [3.05, 3.63) is 77.3 Å². The maximum Gasteiger partial charge on any atom is 0.297 e. The lowest BCUT2D eigenvalue weighted by Gasteiger charge is -2.25. The molecule has 1 amide bonds. The molecule has 0 saturated heterocycles. The first-order chi connectivity index (χ1) is 17.5. The number of benzene rings is 1. The molecule has 6 rings (SSSR count). The molecule has 184 valence electrons. The molecule has 2 aliphatic heterocycles. The normalized spacial score (nSPS) is 15.2. The Bertz CT molecular complexity index is 1520. The van der Waals surface area contributed by atoms with E-state index in [4.69, 9.17) is 9.72 Å². The van der Waals surface area contributed by atoms with Gasteiger partial charge in [-0.15, -0.1) is 10.2 Å². The molecule has 0 unspecified atom stereocenters. The van der Waals surface area contributed by atoms with Crippen molar-refractivity contribution in [1.29, 1.82) is 0 Å². The number of carbonyl (C=O) groups excluding carboxylic acids is 1. The fourth-order valence-corrected chi connectivity index (χ4v) is 5.22. The molecule has 1 aromatic carbocycles. The van der Waals surface area contributed by atoms with Gasteiger partial charge in [0.15, 0.2) is 5.65 Å². The first-order valence-corrected chi connectivity index (χ1v) is 12.1. The predicted octanol–water partition coefficient (Wildman–Crippen LogP) is 2.08. The molecule has 5 heterocycles. The Balaban J connectivity index is 1.22. The monoisotopic (exact) mass is 488 g/mol. The van der Waals surface area contributed by atoms with E-state index in [0.717, 1.165) is 40.3 Å². The van der Waals surface area contributed by atoms with Crippen LogP contribution in [0.2, 0.25) is 0 Å². The fourth-order valence-electron chi connectivity index (χ4n) is 5.22. The number of carbonyl (C=O) groups is 1. The fraction of sp³-hybridized carbons (Fsp3) is 0.346. The Hall–Kier alpha value is -4.08. The van der Waals surface area contributed by atoms with Gasteiger partial charge in [-0.2, -0.15) is 0 Å². The van der Waals surface area contributed by atoms with Crippen LogP contribution in [0.3, 0.4) is 0 Å². The third-order valence-electron chi connectivity index (χ3n) is 7.07. The average Bonchev–Trinajstić information content (AvgIpc) is 3.63. The molecule has 36 heavy (non-hydrogen) atoms. The number of aryl methyl sites for hydroxylation is 3. The van der Waals surface area contributed by atoms with E-state index < -0.39 is 0 Å². The van der Waals surface area contributed by atoms with Crippen molar-refractivity contribution in [2.45, 2.75) is 25.7 Å². The van der Waals surface area contributed by atoms with E-state index in [1.54, 1.807) is 12.4 Å². The summed E-state index contributed by atoms with van der Waals surface area (Å²) in [5.41, 5.74) is 5.05. The average molecular weight is 489 g/mol. The highest BCUT2D eigenvalue weighted by Crippen LogP contribution is 2.31. The molecular formula is C26H27FN7O2+. The molecule has 0 aliphatic carbocycles. The molecule has 9 nitrogen and oxygen atoms in total. The van der Waals surface area contributed by atoms with Crippen LogP contribution in [0, 0.1) is 5.82 Å². The van der Waals surface area contributed by atoms with Gasteiger partial charge in [0.25, 0.3) is 5.91 Å². The minimum Gasteiger partial charge on any atom is -0.493 e. The van der Waals surface area contributed by atoms with Crippen molar-refractivity contribution in [2.24, 2.45) is 14.1 Å². The number of hydrogen-bond acceptors (Lipinski definition) is 5.